The number of hydrogen-bond donors (Lipinski definition) is 1. The van der Waals surface area contributed by atoms with Crippen LogP contribution in [0, 0.1) is 13.8 Å². The smallest absolute Gasteiger partial charge is 0.180 e. The Morgan fingerprint density at radius 3 is 2.65 bits per heavy atom. The highest BCUT2D eigenvalue weighted by Gasteiger charge is 2.15. The zero-order chi connectivity index (χ0) is 14.3. The summed E-state index contributed by atoms with van der Waals surface area (Å²) in [5, 5.41) is 3.30. The van der Waals surface area contributed by atoms with Crippen LogP contribution < -0.4 is 5.73 Å². The molecule has 0 unspecified atom stereocenters. The van der Waals surface area contributed by atoms with Gasteiger partial charge in [-0.2, -0.15) is 0 Å². The maximum absolute atomic E-state index is 6.31. The summed E-state index contributed by atoms with van der Waals surface area (Å²) in [6.45, 7) is 4.14. The number of aromatic nitrogens is 2. The largest absolute Gasteiger partial charge is 0.375 e. The average Bonchev–Trinajstić information content (AvgIpc) is 2.95. The van der Waals surface area contributed by atoms with Gasteiger partial charge in [-0.3, -0.25) is 0 Å². The van der Waals surface area contributed by atoms with Gasteiger partial charge in [0.1, 0.15) is 0 Å². The Morgan fingerprint density at radius 1 is 1.25 bits per heavy atom. The lowest BCUT2D eigenvalue weighted by Gasteiger charge is -2.11. The Kier molecular flexibility index (Phi) is 3.28. The molecule has 3 rings (SSSR count). The third-order valence-electron chi connectivity index (χ3n) is 3.32. The molecule has 0 atom stereocenters. The van der Waals surface area contributed by atoms with Crippen LogP contribution in [-0.4, -0.2) is 9.55 Å². The van der Waals surface area contributed by atoms with Crippen molar-refractivity contribution < 1.29 is 0 Å². The van der Waals surface area contributed by atoms with Crippen LogP contribution in [0.4, 0.5) is 5.13 Å². The number of nitrogens with zero attached hydrogens (tertiary/aromatic N) is 2. The van der Waals surface area contributed by atoms with Crippen LogP contribution in [0.5, 0.6) is 0 Å². The van der Waals surface area contributed by atoms with Crippen molar-refractivity contribution in [1.29, 1.82) is 0 Å². The van der Waals surface area contributed by atoms with Gasteiger partial charge in [0.05, 0.1) is 16.4 Å². The molecule has 0 spiro atoms. The molecule has 2 N–H and O–H groups in total. The summed E-state index contributed by atoms with van der Waals surface area (Å²) in [6.07, 6.45) is 0. The number of rotatable bonds is 2. The molecule has 3 aromatic rings. The van der Waals surface area contributed by atoms with Crippen LogP contribution >= 0.6 is 22.9 Å². The molecule has 2 heterocycles. The fourth-order valence-corrected chi connectivity index (χ4v) is 3.22. The minimum absolute atomic E-state index is 0.586. The molecule has 0 aliphatic carbocycles. The van der Waals surface area contributed by atoms with Crippen LogP contribution in [-0.2, 0) is 0 Å². The second kappa shape index (κ2) is 4.96. The third-order valence-corrected chi connectivity index (χ3v) is 4.32. The topological polar surface area (TPSA) is 43.8 Å². The molecule has 2 aromatic heterocycles. The van der Waals surface area contributed by atoms with Crippen molar-refractivity contribution in [1.82, 2.24) is 9.55 Å². The van der Waals surface area contributed by atoms with E-state index < -0.39 is 0 Å². The molecule has 20 heavy (non-hydrogen) atoms. The van der Waals surface area contributed by atoms with Crippen molar-refractivity contribution in [2.45, 2.75) is 13.8 Å². The van der Waals surface area contributed by atoms with Crippen molar-refractivity contribution in [3.8, 4) is 16.9 Å². The molecular weight excluding hydrogens is 290 g/mol. The standard InChI is InChI=1S/C15H14ClN3S/c1-9-7-11(13-8-20-15(17)18-13)10(2)19(9)14-6-4-3-5-12(14)16/h3-8H,1-2H3,(H2,17,18). The lowest BCUT2D eigenvalue weighted by atomic mass is 10.2. The first kappa shape index (κ1) is 13.2. The summed E-state index contributed by atoms with van der Waals surface area (Å²) >= 11 is 7.76. The normalized spacial score (nSPS) is 10.9. The van der Waals surface area contributed by atoms with E-state index in [9.17, 15) is 0 Å². The fourth-order valence-electron chi connectivity index (χ4n) is 2.44. The van der Waals surface area contributed by atoms with Crippen molar-refractivity contribution in [2.24, 2.45) is 0 Å². The molecule has 5 heteroatoms. The molecule has 3 nitrogen and oxygen atoms in total. The van der Waals surface area contributed by atoms with Crippen molar-refractivity contribution in [3.05, 3.63) is 52.1 Å². The SMILES string of the molecule is Cc1cc(-c2csc(N)n2)c(C)n1-c1ccccc1Cl. The summed E-state index contributed by atoms with van der Waals surface area (Å²) in [6, 6.07) is 9.95. The first-order chi connectivity index (χ1) is 9.58. The Balaban J connectivity index is 2.20. The number of para-hydroxylation sites is 1. The van der Waals surface area contributed by atoms with Gasteiger partial charge in [-0.15, -0.1) is 11.3 Å². The Bertz CT molecular complexity index is 773. The molecule has 0 aliphatic rings. The van der Waals surface area contributed by atoms with Gasteiger partial charge in [-0.05, 0) is 32.0 Å². The highest BCUT2D eigenvalue weighted by atomic mass is 35.5. The molecule has 1 aromatic carbocycles. The van der Waals surface area contributed by atoms with E-state index in [1.807, 2.05) is 29.6 Å². The Morgan fingerprint density at radius 2 is 2.00 bits per heavy atom. The number of hydrogen-bond acceptors (Lipinski definition) is 3. The monoisotopic (exact) mass is 303 g/mol. The second-order valence-electron chi connectivity index (χ2n) is 4.64. The number of nitrogens with two attached hydrogens (primary N) is 1. The van der Waals surface area contributed by atoms with Crippen LogP contribution in [0.15, 0.2) is 35.7 Å². The van der Waals surface area contributed by atoms with Gasteiger partial charge in [0.25, 0.3) is 0 Å². The maximum atomic E-state index is 6.31. The van der Waals surface area contributed by atoms with Crippen LogP contribution in [0.25, 0.3) is 16.9 Å². The zero-order valence-electron chi connectivity index (χ0n) is 11.2. The summed E-state index contributed by atoms with van der Waals surface area (Å²) in [7, 11) is 0. The quantitative estimate of drug-likeness (QED) is 0.760. The second-order valence-corrected chi connectivity index (χ2v) is 5.94. The molecule has 0 saturated heterocycles. The number of thiazole rings is 1. The number of anilines is 1. The predicted octanol–water partition coefficient (Wildman–Crippen LogP) is 4.45. The van der Waals surface area contributed by atoms with Gasteiger partial charge in [0, 0.05) is 22.3 Å². The third kappa shape index (κ3) is 2.11. The molecule has 0 amide bonds. The molecular formula is C15H14ClN3S. The summed E-state index contributed by atoms with van der Waals surface area (Å²) in [5.41, 5.74) is 11.0. The van der Waals surface area contributed by atoms with E-state index in [-0.39, 0.29) is 0 Å². The van der Waals surface area contributed by atoms with Crippen LogP contribution in [0.3, 0.4) is 0 Å². The van der Waals surface area contributed by atoms with Crippen LogP contribution in [0.2, 0.25) is 5.02 Å². The lowest BCUT2D eigenvalue weighted by molar-refractivity contribution is 0.966. The summed E-state index contributed by atoms with van der Waals surface area (Å²) < 4.78 is 2.15. The van der Waals surface area contributed by atoms with Crippen LogP contribution in [0.1, 0.15) is 11.4 Å². The molecule has 0 bridgehead atoms. The first-order valence-corrected chi connectivity index (χ1v) is 7.49. The minimum atomic E-state index is 0.586. The molecule has 0 fully saturated rings. The fraction of sp³-hybridized carbons (Fsp3) is 0.133. The maximum Gasteiger partial charge on any atom is 0.180 e. The Labute approximate surface area is 126 Å². The van der Waals surface area contributed by atoms with E-state index in [0.717, 1.165) is 33.4 Å². The lowest BCUT2D eigenvalue weighted by Crippen LogP contribution is -1.99. The number of benzene rings is 1. The average molecular weight is 304 g/mol. The zero-order valence-corrected chi connectivity index (χ0v) is 12.8. The minimum Gasteiger partial charge on any atom is -0.375 e. The highest BCUT2D eigenvalue weighted by Crippen LogP contribution is 2.32. The van der Waals surface area contributed by atoms with E-state index >= 15 is 0 Å². The number of halogens is 1. The molecule has 0 aliphatic heterocycles. The van der Waals surface area contributed by atoms with E-state index in [0.29, 0.717) is 5.13 Å². The van der Waals surface area contributed by atoms with Gasteiger partial charge in [-0.1, -0.05) is 23.7 Å². The van der Waals surface area contributed by atoms with Gasteiger partial charge in [-0.25, -0.2) is 4.98 Å². The summed E-state index contributed by atoms with van der Waals surface area (Å²) in [5.74, 6) is 0. The Hall–Kier alpha value is -1.78. The van der Waals surface area contributed by atoms with E-state index in [1.54, 1.807) is 0 Å². The molecule has 102 valence electrons. The van der Waals surface area contributed by atoms with Crippen molar-refractivity contribution in [3.63, 3.8) is 0 Å². The number of nitrogen functional groups attached to an aromatic ring is 1. The van der Waals surface area contributed by atoms with Crippen molar-refractivity contribution in [2.75, 3.05) is 5.73 Å². The molecule has 0 radical (unpaired) electrons. The number of aryl methyl sites for hydroxylation is 1. The van der Waals surface area contributed by atoms with Gasteiger partial charge >= 0.3 is 0 Å². The highest BCUT2D eigenvalue weighted by molar-refractivity contribution is 7.13. The van der Waals surface area contributed by atoms with E-state index in [4.69, 9.17) is 17.3 Å². The van der Waals surface area contributed by atoms with E-state index in [1.165, 1.54) is 11.3 Å². The summed E-state index contributed by atoms with van der Waals surface area (Å²) in [4.78, 5) is 4.36. The van der Waals surface area contributed by atoms with Gasteiger partial charge in [0.2, 0.25) is 0 Å². The first-order valence-electron chi connectivity index (χ1n) is 6.23. The molecule has 0 saturated carbocycles. The van der Waals surface area contributed by atoms with Gasteiger partial charge in [0.15, 0.2) is 5.13 Å². The van der Waals surface area contributed by atoms with E-state index in [2.05, 4.69) is 29.5 Å². The predicted molar refractivity (Wildman–Crippen MR) is 85.8 cm³/mol. The van der Waals surface area contributed by atoms with Crippen molar-refractivity contribution >= 4 is 28.1 Å². The van der Waals surface area contributed by atoms with Gasteiger partial charge < -0.3 is 10.3 Å².